The summed E-state index contributed by atoms with van der Waals surface area (Å²) in [6.07, 6.45) is 2.70. The van der Waals surface area contributed by atoms with E-state index in [0.717, 1.165) is 0 Å². The Balaban J connectivity index is 1.56. The van der Waals surface area contributed by atoms with E-state index in [9.17, 15) is 18.8 Å². The summed E-state index contributed by atoms with van der Waals surface area (Å²) in [5, 5.41) is 9.37. The molecule has 34 heavy (non-hydrogen) atoms. The van der Waals surface area contributed by atoms with Crippen molar-refractivity contribution in [2.24, 2.45) is 11.8 Å². The van der Waals surface area contributed by atoms with Crippen molar-refractivity contribution in [3.05, 3.63) is 54.1 Å². The zero-order valence-corrected chi connectivity index (χ0v) is 19.2. The van der Waals surface area contributed by atoms with Gasteiger partial charge in [-0.1, -0.05) is 23.4 Å². The summed E-state index contributed by atoms with van der Waals surface area (Å²) < 4.78 is 25.3. The van der Waals surface area contributed by atoms with E-state index in [0.29, 0.717) is 5.76 Å². The normalized spacial score (nSPS) is 29.4. The van der Waals surface area contributed by atoms with Crippen molar-refractivity contribution >= 4 is 29.2 Å². The first-order valence-electron chi connectivity index (χ1n) is 11.0. The molecule has 1 aromatic heterocycles. The number of ether oxygens (including phenoxy) is 1. The van der Waals surface area contributed by atoms with Gasteiger partial charge in [0.25, 0.3) is 0 Å². The lowest BCUT2D eigenvalue weighted by molar-refractivity contribution is -0.129. The van der Waals surface area contributed by atoms with Gasteiger partial charge in [-0.05, 0) is 45.9 Å². The fraction of sp³-hybridized carbons (Fsp3) is 0.417. The first-order valence-corrected chi connectivity index (χ1v) is 11.0. The second kappa shape index (κ2) is 7.49. The van der Waals surface area contributed by atoms with Crippen molar-refractivity contribution in [1.82, 2.24) is 10.5 Å². The van der Waals surface area contributed by atoms with Crippen LogP contribution in [-0.2, 0) is 19.1 Å². The quantitative estimate of drug-likeness (QED) is 0.666. The summed E-state index contributed by atoms with van der Waals surface area (Å²) >= 11 is 0. The number of nitrogens with one attached hydrogen (secondary N) is 2. The van der Waals surface area contributed by atoms with Crippen LogP contribution in [0.25, 0.3) is 0 Å². The third-order valence-electron chi connectivity index (χ3n) is 6.29. The van der Waals surface area contributed by atoms with E-state index in [2.05, 4.69) is 15.8 Å². The molecule has 0 saturated carbocycles. The Hall–Kier alpha value is -3.53. The molecule has 2 fully saturated rings. The largest absolute Gasteiger partial charge is 0.360 e. The number of aromatic nitrogens is 1. The number of carbonyl (C=O) groups is 3. The van der Waals surface area contributed by atoms with Gasteiger partial charge in [-0.3, -0.25) is 19.3 Å². The Morgan fingerprint density at radius 1 is 1.21 bits per heavy atom. The first kappa shape index (κ1) is 22.3. The lowest BCUT2D eigenvalue weighted by Crippen LogP contribution is -2.58. The number of nitrogens with zero attached hydrogens (tertiary/aromatic N) is 2. The molecule has 1 spiro atoms. The number of hydrogen-bond donors (Lipinski definition) is 2. The summed E-state index contributed by atoms with van der Waals surface area (Å²) in [6.45, 7) is 7.16. The van der Waals surface area contributed by atoms with Crippen molar-refractivity contribution in [2.75, 3.05) is 10.2 Å². The molecule has 2 N–H and O–H groups in total. The van der Waals surface area contributed by atoms with E-state index in [-0.39, 0.29) is 11.5 Å². The molecule has 0 radical (unpaired) electrons. The number of fused-ring (bicyclic) bond motifs is 1. The van der Waals surface area contributed by atoms with Gasteiger partial charge >= 0.3 is 0 Å². The SMILES string of the molecule is Cc1cc(NC(=O)C2C3C=CC4(O3)C2C(=O)N(c2cccc(F)c2)C4C(=O)NC(C)(C)C)no1. The predicted molar refractivity (Wildman–Crippen MR) is 119 cm³/mol. The molecule has 4 heterocycles. The molecule has 2 aromatic rings. The Bertz CT molecular complexity index is 1220. The molecule has 3 aliphatic heterocycles. The van der Waals surface area contributed by atoms with Gasteiger partial charge in [-0.25, -0.2) is 4.39 Å². The number of amides is 3. The maximum Gasteiger partial charge on any atom is 0.246 e. The van der Waals surface area contributed by atoms with Gasteiger partial charge in [-0.2, -0.15) is 0 Å². The average molecular weight is 468 g/mol. The van der Waals surface area contributed by atoms with Gasteiger partial charge in [0.15, 0.2) is 5.82 Å². The monoisotopic (exact) mass is 468 g/mol. The highest BCUT2D eigenvalue weighted by molar-refractivity contribution is 6.11. The van der Waals surface area contributed by atoms with Gasteiger partial charge in [0.2, 0.25) is 17.7 Å². The zero-order valence-electron chi connectivity index (χ0n) is 19.2. The molecule has 2 saturated heterocycles. The lowest BCUT2D eigenvalue weighted by Gasteiger charge is -2.34. The van der Waals surface area contributed by atoms with Gasteiger partial charge in [0.1, 0.15) is 23.2 Å². The summed E-state index contributed by atoms with van der Waals surface area (Å²) in [5.41, 5.74) is -1.75. The van der Waals surface area contributed by atoms with Crippen LogP contribution in [-0.4, -0.2) is 46.2 Å². The van der Waals surface area contributed by atoms with Gasteiger partial charge in [-0.15, -0.1) is 0 Å². The Labute approximate surface area is 195 Å². The van der Waals surface area contributed by atoms with Crippen LogP contribution in [0, 0.1) is 24.6 Å². The highest BCUT2D eigenvalue weighted by Gasteiger charge is 2.73. The Morgan fingerprint density at radius 2 is 1.97 bits per heavy atom. The summed E-state index contributed by atoms with van der Waals surface area (Å²) in [4.78, 5) is 41.9. The van der Waals surface area contributed by atoms with Crippen LogP contribution < -0.4 is 15.5 Å². The first-order chi connectivity index (χ1) is 16.0. The minimum atomic E-state index is -1.37. The fourth-order valence-corrected chi connectivity index (χ4v) is 5.15. The summed E-state index contributed by atoms with van der Waals surface area (Å²) in [5.74, 6) is -3.10. The third kappa shape index (κ3) is 3.40. The average Bonchev–Trinajstić information content (AvgIpc) is 3.47. The minimum Gasteiger partial charge on any atom is -0.360 e. The summed E-state index contributed by atoms with van der Waals surface area (Å²) in [7, 11) is 0. The molecule has 3 amide bonds. The molecular formula is C24H25FN4O5. The van der Waals surface area contributed by atoms with Crippen molar-refractivity contribution in [1.29, 1.82) is 0 Å². The maximum atomic E-state index is 14.1. The number of aryl methyl sites for hydroxylation is 1. The van der Waals surface area contributed by atoms with Crippen LogP contribution in [0.4, 0.5) is 15.9 Å². The van der Waals surface area contributed by atoms with E-state index in [4.69, 9.17) is 9.26 Å². The second-order valence-electron chi connectivity index (χ2n) is 9.94. The van der Waals surface area contributed by atoms with Crippen molar-refractivity contribution < 1.29 is 28.0 Å². The molecule has 5 rings (SSSR count). The van der Waals surface area contributed by atoms with Crippen molar-refractivity contribution in [3.63, 3.8) is 0 Å². The smallest absolute Gasteiger partial charge is 0.246 e. The highest BCUT2D eigenvalue weighted by atomic mass is 19.1. The van der Waals surface area contributed by atoms with Crippen molar-refractivity contribution in [2.45, 2.75) is 51.0 Å². The van der Waals surface area contributed by atoms with Crippen LogP contribution in [0.1, 0.15) is 26.5 Å². The Kier molecular flexibility index (Phi) is 4.91. The number of benzene rings is 1. The topological polar surface area (TPSA) is 114 Å². The standard InChI is InChI=1S/C24H25FN4O5/c1-12-10-16(28-34-12)26-20(30)17-15-8-9-24(33-15)18(17)22(32)29(14-7-5-6-13(25)11-14)19(24)21(31)27-23(2,3)4/h5-11,15,17-19H,1-4H3,(H,27,31)(H,26,28,30). The van der Waals surface area contributed by atoms with Gasteiger partial charge < -0.3 is 19.9 Å². The van der Waals surface area contributed by atoms with Gasteiger partial charge in [0.05, 0.1) is 17.9 Å². The van der Waals surface area contributed by atoms with E-state index >= 15 is 0 Å². The van der Waals surface area contributed by atoms with E-state index in [1.54, 1.807) is 31.2 Å². The number of anilines is 2. The van der Waals surface area contributed by atoms with Crippen LogP contribution in [0.15, 0.2) is 47.0 Å². The molecule has 5 unspecified atom stereocenters. The number of hydrogen-bond acceptors (Lipinski definition) is 6. The molecule has 9 nitrogen and oxygen atoms in total. The molecule has 2 bridgehead atoms. The highest BCUT2D eigenvalue weighted by Crippen LogP contribution is 2.56. The summed E-state index contributed by atoms with van der Waals surface area (Å²) in [6, 6.07) is 5.90. The Morgan fingerprint density at radius 3 is 2.62 bits per heavy atom. The number of carbonyl (C=O) groups excluding carboxylic acids is 3. The van der Waals surface area contributed by atoms with Crippen LogP contribution in [0.3, 0.4) is 0 Å². The number of rotatable bonds is 4. The minimum absolute atomic E-state index is 0.217. The molecule has 178 valence electrons. The number of halogens is 1. The van der Waals surface area contributed by atoms with E-state index in [1.807, 2.05) is 20.8 Å². The molecule has 5 atom stereocenters. The maximum absolute atomic E-state index is 14.1. The van der Waals surface area contributed by atoms with Crippen LogP contribution >= 0.6 is 0 Å². The van der Waals surface area contributed by atoms with Crippen molar-refractivity contribution in [3.8, 4) is 0 Å². The van der Waals surface area contributed by atoms with E-state index < -0.39 is 58.7 Å². The van der Waals surface area contributed by atoms with Crippen LogP contribution in [0.2, 0.25) is 0 Å². The molecule has 10 heteroatoms. The predicted octanol–water partition coefficient (Wildman–Crippen LogP) is 2.33. The molecule has 3 aliphatic rings. The zero-order chi connectivity index (χ0) is 24.4. The third-order valence-corrected chi connectivity index (χ3v) is 6.29. The van der Waals surface area contributed by atoms with Gasteiger partial charge in [0, 0.05) is 17.3 Å². The molecule has 1 aromatic carbocycles. The molecule has 0 aliphatic carbocycles. The molecular weight excluding hydrogens is 443 g/mol. The second-order valence-corrected chi connectivity index (χ2v) is 9.94. The van der Waals surface area contributed by atoms with E-state index in [1.165, 1.54) is 23.1 Å². The van der Waals surface area contributed by atoms with Crippen LogP contribution in [0.5, 0.6) is 0 Å². The lowest BCUT2D eigenvalue weighted by atomic mass is 9.74. The fourth-order valence-electron chi connectivity index (χ4n) is 5.15.